The molecule has 0 fully saturated rings. The molecule has 1 N–H and O–H groups in total. The van der Waals surface area contributed by atoms with Crippen LogP contribution in [0.4, 0.5) is 0 Å². The van der Waals surface area contributed by atoms with Gasteiger partial charge in [-0.1, -0.05) is 44.1 Å². The molecule has 2 nitrogen and oxygen atoms in total. The second-order valence-corrected chi connectivity index (χ2v) is 7.51. The summed E-state index contributed by atoms with van der Waals surface area (Å²) in [5, 5.41) is 4.41. The lowest BCUT2D eigenvalue weighted by molar-refractivity contribution is 0.432. The van der Waals surface area contributed by atoms with Gasteiger partial charge in [0.25, 0.3) is 0 Å². The quantitative estimate of drug-likeness (QED) is 0.514. The molecule has 1 aliphatic carbocycles. The minimum absolute atomic E-state index is 0.108. The first-order valence-corrected chi connectivity index (χ1v) is 9.85. The third-order valence-corrected chi connectivity index (χ3v) is 5.26. The fourth-order valence-electron chi connectivity index (χ4n) is 3.11. The van der Waals surface area contributed by atoms with Gasteiger partial charge < -0.3 is 10.2 Å². The summed E-state index contributed by atoms with van der Waals surface area (Å²) in [5.41, 5.74) is 5.41. The van der Waals surface area contributed by atoms with E-state index in [4.69, 9.17) is 23.8 Å². The molecule has 1 unspecified atom stereocenters. The van der Waals surface area contributed by atoms with Gasteiger partial charge in [0, 0.05) is 18.8 Å². The maximum Gasteiger partial charge on any atom is 0.173 e. The number of hydrogen-bond donors (Lipinski definition) is 1. The van der Waals surface area contributed by atoms with Gasteiger partial charge in [0.2, 0.25) is 0 Å². The van der Waals surface area contributed by atoms with Crippen molar-refractivity contribution in [3.05, 3.63) is 46.7 Å². The van der Waals surface area contributed by atoms with Gasteiger partial charge in [0.05, 0.1) is 5.38 Å². The summed E-state index contributed by atoms with van der Waals surface area (Å²) in [7, 11) is 0. The smallest absolute Gasteiger partial charge is 0.173 e. The number of alkyl halides is 1. The fraction of sp³-hybridized carbons (Fsp3) is 0.550. The van der Waals surface area contributed by atoms with Crippen molar-refractivity contribution in [3.8, 4) is 0 Å². The van der Waals surface area contributed by atoms with Crippen LogP contribution in [0.1, 0.15) is 52.9 Å². The van der Waals surface area contributed by atoms with E-state index in [0.717, 1.165) is 56.0 Å². The summed E-state index contributed by atoms with van der Waals surface area (Å²) in [6.07, 6.45) is 13.9. The van der Waals surface area contributed by atoms with E-state index in [-0.39, 0.29) is 5.38 Å². The molecule has 0 bridgehead atoms. The minimum atomic E-state index is 0.108. The van der Waals surface area contributed by atoms with E-state index in [1.807, 2.05) is 0 Å². The topological polar surface area (TPSA) is 15.3 Å². The van der Waals surface area contributed by atoms with E-state index in [2.05, 4.69) is 55.3 Å². The van der Waals surface area contributed by atoms with Gasteiger partial charge in [-0.15, -0.1) is 11.6 Å². The average Bonchev–Trinajstić information content (AvgIpc) is 2.56. The van der Waals surface area contributed by atoms with Crippen molar-refractivity contribution in [3.63, 3.8) is 0 Å². The van der Waals surface area contributed by atoms with Crippen LogP contribution in [0.5, 0.6) is 0 Å². The van der Waals surface area contributed by atoms with Crippen LogP contribution in [0.2, 0.25) is 0 Å². The average molecular weight is 365 g/mol. The Bertz CT molecular complexity index is 586. The first-order valence-electron chi connectivity index (χ1n) is 9.00. The monoisotopic (exact) mass is 364 g/mol. The number of halogens is 1. The molecule has 1 heterocycles. The Kier molecular flexibility index (Phi) is 7.57. The highest BCUT2D eigenvalue weighted by Gasteiger charge is 2.20. The molecule has 0 saturated heterocycles. The first-order chi connectivity index (χ1) is 11.5. The molecule has 132 valence electrons. The van der Waals surface area contributed by atoms with Crippen LogP contribution in [-0.2, 0) is 0 Å². The Labute approximate surface area is 157 Å². The molecule has 2 aliphatic rings. The number of allylic oxidation sites excluding steroid dienone is 4. The van der Waals surface area contributed by atoms with Gasteiger partial charge in [-0.3, -0.25) is 0 Å². The highest BCUT2D eigenvalue weighted by molar-refractivity contribution is 7.80. The van der Waals surface area contributed by atoms with Crippen LogP contribution in [0, 0.1) is 0 Å². The normalized spacial score (nSPS) is 21.8. The summed E-state index contributed by atoms with van der Waals surface area (Å²) >= 11 is 12.0. The van der Waals surface area contributed by atoms with Gasteiger partial charge >= 0.3 is 0 Å². The number of hydrogen-bond acceptors (Lipinski definition) is 1. The van der Waals surface area contributed by atoms with E-state index in [9.17, 15) is 0 Å². The molecule has 0 radical (unpaired) electrons. The van der Waals surface area contributed by atoms with E-state index in [1.54, 1.807) is 0 Å². The van der Waals surface area contributed by atoms with Gasteiger partial charge in [0.15, 0.2) is 5.11 Å². The zero-order chi connectivity index (χ0) is 17.5. The SMILES string of the molecule is CCC=CC1=C(C)CCN(C(=S)NC2=C(CCC)CC(Cl)C=C2)C1. The van der Waals surface area contributed by atoms with Crippen LogP contribution in [0.25, 0.3) is 0 Å². The van der Waals surface area contributed by atoms with Crippen molar-refractivity contribution in [2.45, 2.75) is 58.3 Å². The molecule has 0 spiro atoms. The van der Waals surface area contributed by atoms with Crippen molar-refractivity contribution in [2.75, 3.05) is 13.1 Å². The van der Waals surface area contributed by atoms with Gasteiger partial charge in [0.1, 0.15) is 0 Å². The summed E-state index contributed by atoms with van der Waals surface area (Å²) < 4.78 is 0. The number of nitrogens with one attached hydrogen (secondary N) is 1. The molecule has 24 heavy (non-hydrogen) atoms. The third kappa shape index (κ3) is 5.22. The van der Waals surface area contributed by atoms with Crippen molar-refractivity contribution in [2.24, 2.45) is 0 Å². The Balaban J connectivity index is 2.05. The first kappa shape index (κ1) is 19.3. The lowest BCUT2D eigenvalue weighted by Crippen LogP contribution is -2.43. The van der Waals surface area contributed by atoms with Gasteiger partial charge in [-0.2, -0.15) is 0 Å². The lowest BCUT2D eigenvalue weighted by atomic mass is 9.97. The van der Waals surface area contributed by atoms with E-state index in [0.29, 0.717) is 0 Å². The molecule has 0 saturated carbocycles. The zero-order valence-corrected chi connectivity index (χ0v) is 16.6. The van der Waals surface area contributed by atoms with Crippen molar-refractivity contribution < 1.29 is 0 Å². The van der Waals surface area contributed by atoms with Crippen LogP contribution in [0.15, 0.2) is 46.7 Å². The predicted molar refractivity (Wildman–Crippen MR) is 109 cm³/mol. The molecule has 2 rings (SSSR count). The molecule has 0 aromatic heterocycles. The maximum absolute atomic E-state index is 6.28. The Morgan fingerprint density at radius 2 is 2.25 bits per heavy atom. The van der Waals surface area contributed by atoms with Gasteiger partial charge in [-0.25, -0.2) is 0 Å². The van der Waals surface area contributed by atoms with Crippen molar-refractivity contribution in [1.29, 1.82) is 0 Å². The van der Waals surface area contributed by atoms with Crippen molar-refractivity contribution in [1.82, 2.24) is 10.2 Å². The Morgan fingerprint density at radius 1 is 1.46 bits per heavy atom. The largest absolute Gasteiger partial charge is 0.344 e. The highest BCUT2D eigenvalue weighted by atomic mass is 35.5. The predicted octanol–water partition coefficient (Wildman–Crippen LogP) is 5.47. The molecule has 0 aromatic carbocycles. The molecule has 4 heteroatoms. The van der Waals surface area contributed by atoms with Crippen LogP contribution in [0.3, 0.4) is 0 Å². The second kappa shape index (κ2) is 9.43. The zero-order valence-electron chi connectivity index (χ0n) is 15.1. The minimum Gasteiger partial charge on any atom is -0.344 e. The second-order valence-electron chi connectivity index (χ2n) is 6.56. The summed E-state index contributed by atoms with van der Waals surface area (Å²) in [6.45, 7) is 8.48. The molecular formula is C20H29ClN2S. The number of nitrogens with zero attached hydrogens (tertiary/aromatic N) is 1. The molecule has 1 atom stereocenters. The van der Waals surface area contributed by atoms with E-state index in [1.165, 1.54) is 16.7 Å². The van der Waals surface area contributed by atoms with Crippen molar-refractivity contribution >= 4 is 28.9 Å². The summed E-state index contributed by atoms with van der Waals surface area (Å²) in [4.78, 5) is 2.27. The van der Waals surface area contributed by atoms with Crippen LogP contribution in [-0.4, -0.2) is 28.5 Å². The van der Waals surface area contributed by atoms with Crippen LogP contribution >= 0.6 is 23.8 Å². The third-order valence-electron chi connectivity index (χ3n) is 4.60. The van der Waals surface area contributed by atoms with Gasteiger partial charge in [-0.05, 0) is 62.0 Å². The summed E-state index contributed by atoms with van der Waals surface area (Å²) in [5.74, 6) is 0. The van der Waals surface area contributed by atoms with E-state index < -0.39 is 0 Å². The molecule has 0 amide bonds. The fourth-order valence-corrected chi connectivity index (χ4v) is 3.63. The molecule has 0 aromatic rings. The standard InChI is InChI=1S/C20H29ClN2S/c1-4-6-8-17-14-23(12-11-15(17)3)20(24)22-19-10-9-18(21)13-16(19)7-5-2/h6,8-10,18H,4-5,7,11-14H2,1-3H3,(H,22,24). The number of rotatable bonds is 5. The molecular weight excluding hydrogens is 336 g/mol. The maximum atomic E-state index is 6.28. The Morgan fingerprint density at radius 3 is 2.96 bits per heavy atom. The highest BCUT2D eigenvalue weighted by Crippen LogP contribution is 2.26. The van der Waals surface area contributed by atoms with Crippen LogP contribution < -0.4 is 5.32 Å². The Hall–Kier alpha value is -1.06. The number of thiocarbonyl (C=S) groups is 1. The van der Waals surface area contributed by atoms with E-state index >= 15 is 0 Å². The molecule has 1 aliphatic heterocycles. The lowest BCUT2D eigenvalue weighted by Gasteiger charge is -2.32. The summed E-state index contributed by atoms with van der Waals surface area (Å²) in [6, 6.07) is 0.